The number of aryl methyl sites for hydroxylation is 1. The molecule has 192 valence electrons. The number of fused-ring (bicyclic) bond motifs is 3. The molecule has 0 bridgehead atoms. The van der Waals surface area contributed by atoms with Crippen LogP contribution in [0.3, 0.4) is 0 Å². The largest absolute Gasteiger partial charge is 0.457 e. The first-order chi connectivity index (χ1) is 18.4. The van der Waals surface area contributed by atoms with Crippen molar-refractivity contribution in [3.05, 3.63) is 110 Å². The van der Waals surface area contributed by atoms with Gasteiger partial charge in [-0.15, -0.1) is 0 Å². The second-order valence-corrected chi connectivity index (χ2v) is 10.1. The van der Waals surface area contributed by atoms with E-state index in [1.807, 2.05) is 77.4 Å². The van der Waals surface area contributed by atoms with Crippen molar-refractivity contribution < 1.29 is 4.74 Å². The van der Waals surface area contributed by atoms with Crippen molar-refractivity contribution in [2.75, 3.05) is 11.4 Å². The molecule has 1 atom stereocenters. The van der Waals surface area contributed by atoms with Crippen LogP contribution in [-0.2, 0) is 20.1 Å². The van der Waals surface area contributed by atoms with E-state index in [4.69, 9.17) is 21.3 Å². The first kappa shape index (κ1) is 24.1. The Labute approximate surface area is 223 Å². The number of halogens is 1. The van der Waals surface area contributed by atoms with Crippen molar-refractivity contribution in [1.29, 1.82) is 0 Å². The Bertz CT molecular complexity index is 1760. The number of ether oxygens (including phenoxy) is 1. The van der Waals surface area contributed by atoms with E-state index < -0.39 is 5.69 Å². The zero-order chi connectivity index (χ0) is 26.4. The van der Waals surface area contributed by atoms with Crippen molar-refractivity contribution in [2.45, 2.75) is 20.0 Å². The Kier molecular flexibility index (Phi) is 6.04. The van der Waals surface area contributed by atoms with E-state index >= 15 is 0 Å². The summed E-state index contributed by atoms with van der Waals surface area (Å²) in [6.07, 6.45) is 0. The Morgan fingerprint density at radius 3 is 2.34 bits per heavy atom. The quantitative estimate of drug-likeness (QED) is 0.315. The van der Waals surface area contributed by atoms with E-state index in [-0.39, 0.29) is 18.0 Å². The lowest BCUT2D eigenvalue weighted by molar-refractivity contribution is 0.457. The van der Waals surface area contributed by atoms with Gasteiger partial charge in [-0.3, -0.25) is 13.9 Å². The first-order valence-electron chi connectivity index (χ1n) is 12.4. The van der Waals surface area contributed by atoms with Crippen LogP contribution < -0.4 is 20.9 Å². The number of benzene rings is 3. The number of para-hydroxylation sites is 1. The SMILES string of the molecule is C[C@H]1CN(c2ccc(Oc3ccccc3)cc2)c2nc3c(c(=O)n(Cc4ccccc4Cl)c(=O)n3C)n2C1. The lowest BCUT2D eigenvalue weighted by Gasteiger charge is -2.33. The number of rotatable bonds is 5. The highest BCUT2D eigenvalue weighted by molar-refractivity contribution is 6.31. The number of hydrogen-bond donors (Lipinski definition) is 0. The van der Waals surface area contributed by atoms with Gasteiger partial charge in [0.1, 0.15) is 11.5 Å². The summed E-state index contributed by atoms with van der Waals surface area (Å²) in [6, 6.07) is 24.6. The van der Waals surface area contributed by atoms with Gasteiger partial charge in [0.15, 0.2) is 11.2 Å². The molecule has 0 unspecified atom stereocenters. The summed E-state index contributed by atoms with van der Waals surface area (Å²) in [4.78, 5) is 33.9. The maximum atomic E-state index is 13.7. The van der Waals surface area contributed by atoms with Gasteiger partial charge in [-0.25, -0.2) is 4.79 Å². The highest BCUT2D eigenvalue weighted by atomic mass is 35.5. The topological polar surface area (TPSA) is 74.3 Å². The molecule has 1 aliphatic rings. The average Bonchev–Trinajstić information content (AvgIpc) is 3.31. The molecule has 0 amide bonds. The lowest BCUT2D eigenvalue weighted by atomic mass is 10.1. The van der Waals surface area contributed by atoms with Gasteiger partial charge in [0.2, 0.25) is 5.95 Å². The third-order valence-electron chi connectivity index (χ3n) is 6.86. The molecular formula is C29H26ClN5O3. The fraction of sp³-hybridized carbons (Fsp3) is 0.207. The van der Waals surface area contributed by atoms with Crippen molar-refractivity contribution >= 4 is 34.4 Å². The fourth-order valence-electron chi connectivity index (χ4n) is 4.98. The summed E-state index contributed by atoms with van der Waals surface area (Å²) >= 11 is 6.34. The first-order valence-corrected chi connectivity index (χ1v) is 12.8. The summed E-state index contributed by atoms with van der Waals surface area (Å²) in [7, 11) is 1.65. The van der Waals surface area contributed by atoms with Crippen LogP contribution in [0.5, 0.6) is 11.5 Å². The Morgan fingerprint density at radius 1 is 0.921 bits per heavy atom. The van der Waals surface area contributed by atoms with Crippen molar-refractivity contribution in [3.63, 3.8) is 0 Å². The van der Waals surface area contributed by atoms with E-state index in [9.17, 15) is 9.59 Å². The number of imidazole rings is 1. The molecule has 38 heavy (non-hydrogen) atoms. The van der Waals surface area contributed by atoms with Crippen LogP contribution in [0.2, 0.25) is 5.02 Å². The number of anilines is 2. The maximum absolute atomic E-state index is 13.7. The van der Waals surface area contributed by atoms with Crippen LogP contribution >= 0.6 is 11.6 Å². The highest BCUT2D eigenvalue weighted by Gasteiger charge is 2.30. The molecule has 1 aliphatic heterocycles. The monoisotopic (exact) mass is 527 g/mol. The van der Waals surface area contributed by atoms with Crippen LogP contribution in [0.15, 0.2) is 88.5 Å². The molecule has 8 nitrogen and oxygen atoms in total. The number of nitrogens with zero attached hydrogens (tertiary/aromatic N) is 5. The molecule has 6 rings (SSSR count). The van der Waals surface area contributed by atoms with Gasteiger partial charge in [-0.1, -0.05) is 54.9 Å². The Balaban J connectivity index is 1.42. The molecule has 3 aromatic carbocycles. The van der Waals surface area contributed by atoms with E-state index in [2.05, 4.69) is 11.8 Å². The van der Waals surface area contributed by atoms with Gasteiger partial charge in [-0.2, -0.15) is 4.98 Å². The second-order valence-electron chi connectivity index (χ2n) is 9.64. The minimum atomic E-state index is -0.431. The molecule has 2 aromatic heterocycles. The summed E-state index contributed by atoms with van der Waals surface area (Å²) in [5, 5.41) is 0.511. The van der Waals surface area contributed by atoms with E-state index in [0.717, 1.165) is 23.7 Å². The van der Waals surface area contributed by atoms with Gasteiger partial charge in [0.05, 0.1) is 6.54 Å². The predicted octanol–water partition coefficient (Wildman–Crippen LogP) is 5.18. The zero-order valence-electron chi connectivity index (χ0n) is 21.0. The molecule has 0 radical (unpaired) electrons. The standard InChI is InChI=1S/C29H26ClN5O3/c1-19-16-33(21-12-14-23(15-13-21)38-22-9-4-3-5-10-22)28-31-26-25(34(28)17-19)27(36)35(29(37)32(26)2)18-20-8-6-7-11-24(20)30/h3-15,19H,16-18H2,1-2H3/t19-/m0/s1. The fourth-order valence-corrected chi connectivity index (χ4v) is 5.17. The number of aromatic nitrogens is 4. The van der Waals surface area contributed by atoms with E-state index in [1.165, 1.54) is 9.13 Å². The van der Waals surface area contributed by atoms with Crippen LogP contribution in [0.25, 0.3) is 11.2 Å². The predicted molar refractivity (Wildman–Crippen MR) is 149 cm³/mol. The van der Waals surface area contributed by atoms with Crippen molar-refractivity contribution in [1.82, 2.24) is 18.7 Å². The van der Waals surface area contributed by atoms with Crippen LogP contribution in [0, 0.1) is 5.92 Å². The number of hydrogen-bond acceptors (Lipinski definition) is 5. The second kappa shape index (κ2) is 9.54. The summed E-state index contributed by atoms with van der Waals surface area (Å²) in [6.45, 7) is 3.57. The molecule has 0 N–H and O–H groups in total. The third kappa shape index (κ3) is 4.16. The van der Waals surface area contributed by atoms with Crippen LogP contribution in [-0.4, -0.2) is 25.2 Å². The third-order valence-corrected chi connectivity index (χ3v) is 7.22. The highest BCUT2D eigenvalue weighted by Crippen LogP contribution is 2.34. The normalized spacial score (nSPS) is 15.0. The Hall–Kier alpha value is -4.30. The molecule has 0 saturated carbocycles. The summed E-state index contributed by atoms with van der Waals surface area (Å²) in [5.74, 6) is 2.37. The van der Waals surface area contributed by atoms with Gasteiger partial charge in [0, 0.05) is 30.8 Å². The molecule has 3 heterocycles. The van der Waals surface area contributed by atoms with Crippen molar-refractivity contribution in [3.8, 4) is 11.5 Å². The molecule has 9 heteroatoms. The summed E-state index contributed by atoms with van der Waals surface area (Å²) in [5.41, 5.74) is 1.61. The maximum Gasteiger partial charge on any atom is 0.332 e. The molecule has 0 spiro atoms. The molecule has 0 aliphatic carbocycles. The minimum Gasteiger partial charge on any atom is -0.457 e. The zero-order valence-corrected chi connectivity index (χ0v) is 21.8. The average molecular weight is 528 g/mol. The van der Waals surface area contributed by atoms with Gasteiger partial charge >= 0.3 is 5.69 Å². The van der Waals surface area contributed by atoms with Gasteiger partial charge < -0.3 is 14.2 Å². The molecule has 5 aromatic rings. The van der Waals surface area contributed by atoms with Crippen LogP contribution in [0.1, 0.15) is 12.5 Å². The van der Waals surface area contributed by atoms with E-state index in [0.29, 0.717) is 34.2 Å². The minimum absolute atomic E-state index is 0.0871. The van der Waals surface area contributed by atoms with Gasteiger partial charge in [-0.05, 0) is 53.9 Å². The summed E-state index contributed by atoms with van der Waals surface area (Å²) < 4.78 is 10.6. The Morgan fingerprint density at radius 2 is 1.61 bits per heavy atom. The van der Waals surface area contributed by atoms with Crippen molar-refractivity contribution in [2.24, 2.45) is 13.0 Å². The smallest absolute Gasteiger partial charge is 0.332 e. The molecule has 0 fully saturated rings. The lowest BCUT2D eigenvalue weighted by Crippen LogP contribution is -2.40. The van der Waals surface area contributed by atoms with Crippen LogP contribution in [0.4, 0.5) is 11.6 Å². The van der Waals surface area contributed by atoms with Gasteiger partial charge in [0.25, 0.3) is 5.56 Å². The van der Waals surface area contributed by atoms with E-state index in [1.54, 1.807) is 13.1 Å². The molecular weight excluding hydrogens is 502 g/mol. The molecule has 0 saturated heterocycles.